The number of hydrogen-bond donors (Lipinski definition) is 2. The van der Waals surface area contributed by atoms with Gasteiger partial charge in [-0.3, -0.25) is 0 Å². The van der Waals surface area contributed by atoms with Crippen LogP contribution >= 0.6 is 11.3 Å². The van der Waals surface area contributed by atoms with E-state index >= 15 is 0 Å². The third-order valence-corrected chi connectivity index (χ3v) is 4.26. The number of amides is 2. The second-order valence-electron chi connectivity index (χ2n) is 4.92. The molecule has 1 aliphatic rings. The number of piperazine rings is 1. The quantitative estimate of drug-likeness (QED) is 0.854. The van der Waals surface area contributed by atoms with Gasteiger partial charge in [0, 0.05) is 37.8 Å². The fourth-order valence-corrected chi connectivity index (χ4v) is 2.96. The largest absolute Gasteiger partial charge is 0.480 e. The molecular formula is C13H20N4O3S. The van der Waals surface area contributed by atoms with Crippen LogP contribution in [0.5, 0.6) is 0 Å². The van der Waals surface area contributed by atoms with Crippen LogP contribution in [-0.4, -0.2) is 59.2 Å². The van der Waals surface area contributed by atoms with Crippen molar-refractivity contribution in [3.05, 3.63) is 11.6 Å². The number of nitrogens with zero attached hydrogens (tertiary/aromatic N) is 3. The van der Waals surface area contributed by atoms with Gasteiger partial charge in [-0.1, -0.05) is 13.3 Å². The van der Waals surface area contributed by atoms with Crippen molar-refractivity contribution in [1.29, 1.82) is 0 Å². The highest BCUT2D eigenvalue weighted by Gasteiger charge is 2.26. The van der Waals surface area contributed by atoms with Crippen LogP contribution in [0.25, 0.3) is 0 Å². The number of anilines is 1. The summed E-state index contributed by atoms with van der Waals surface area (Å²) in [6.45, 7) is 4.47. The highest BCUT2D eigenvalue weighted by molar-refractivity contribution is 7.13. The summed E-state index contributed by atoms with van der Waals surface area (Å²) in [5.74, 6) is -0.980. The Kier molecular flexibility index (Phi) is 5.38. The molecule has 1 aromatic rings. The first kappa shape index (κ1) is 15.6. The van der Waals surface area contributed by atoms with E-state index in [0.717, 1.165) is 11.6 Å². The predicted octanol–water partition coefficient (Wildman–Crippen LogP) is 1.23. The van der Waals surface area contributed by atoms with Crippen molar-refractivity contribution in [1.82, 2.24) is 15.2 Å². The lowest BCUT2D eigenvalue weighted by Gasteiger charge is -2.35. The molecule has 7 nitrogen and oxygen atoms in total. The van der Waals surface area contributed by atoms with E-state index in [1.54, 1.807) is 22.4 Å². The molecule has 0 aliphatic carbocycles. The SMILES string of the molecule is CCC[C@@H](NC(=O)N1CCN(c2nccs2)CC1)C(=O)O. The van der Waals surface area contributed by atoms with E-state index in [0.29, 0.717) is 32.6 Å². The minimum Gasteiger partial charge on any atom is -0.480 e. The number of carboxylic acid groups (broad SMARTS) is 1. The molecule has 1 atom stereocenters. The Balaban J connectivity index is 1.83. The number of nitrogens with one attached hydrogen (secondary N) is 1. The van der Waals surface area contributed by atoms with E-state index in [1.807, 2.05) is 12.3 Å². The van der Waals surface area contributed by atoms with Gasteiger partial charge in [0.25, 0.3) is 0 Å². The Bertz CT molecular complexity index is 472. The van der Waals surface area contributed by atoms with Gasteiger partial charge < -0.3 is 20.2 Å². The van der Waals surface area contributed by atoms with Crippen LogP contribution in [0.2, 0.25) is 0 Å². The maximum Gasteiger partial charge on any atom is 0.326 e. The van der Waals surface area contributed by atoms with Crippen molar-refractivity contribution in [2.24, 2.45) is 0 Å². The van der Waals surface area contributed by atoms with Crippen molar-refractivity contribution in [3.8, 4) is 0 Å². The number of carbonyl (C=O) groups is 2. The predicted molar refractivity (Wildman–Crippen MR) is 80.8 cm³/mol. The van der Waals surface area contributed by atoms with Crippen LogP contribution in [0.1, 0.15) is 19.8 Å². The van der Waals surface area contributed by atoms with Gasteiger partial charge in [0.1, 0.15) is 6.04 Å². The standard InChI is InChI=1S/C13H20N4O3S/c1-2-3-10(11(18)19)15-12(20)16-5-7-17(8-6-16)13-14-4-9-21-13/h4,9-10H,2-3,5-8H2,1H3,(H,15,20)(H,18,19)/t10-/m1/s1. The Morgan fingerprint density at radius 3 is 2.67 bits per heavy atom. The van der Waals surface area contributed by atoms with Gasteiger partial charge in [-0.25, -0.2) is 14.6 Å². The number of rotatable bonds is 5. The normalized spacial score (nSPS) is 16.6. The van der Waals surface area contributed by atoms with E-state index in [4.69, 9.17) is 5.11 Å². The zero-order chi connectivity index (χ0) is 15.2. The molecule has 0 saturated carbocycles. The molecule has 0 unspecified atom stereocenters. The average molecular weight is 312 g/mol. The molecule has 0 spiro atoms. The Morgan fingerprint density at radius 1 is 1.43 bits per heavy atom. The van der Waals surface area contributed by atoms with E-state index in [-0.39, 0.29) is 6.03 Å². The summed E-state index contributed by atoms with van der Waals surface area (Å²) < 4.78 is 0. The van der Waals surface area contributed by atoms with Crippen molar-refractivity contribution >= 4 is 28.5 Å². The molecule has 2 amide bonds. The summed E-state index contributed by atoms with van der Waals surface area (Å²) in [5, 5.41) is 14.6. The highest BCUT2D eigenvalue weighted by Crippen LogP contribution is 2.18. The Labute approximate surface area is 127 Å². The lowest BCUT2D eigenvalue weighted by Crippen LogP contribution is -2.54. The number of aromatic nitrogens is 1. The van der Waals surface area contributed by atoms with Gasteiger partial charge in [0.05, 0.1) is 0 Å². The van der Waals surface area contributed by atoms with Crippen LogP contribution in [-0.2, 0) is 4.79 Å². The van der Waals surface area contributed by atoms with Gasteiger partial charge >= 0.3 is 12.0 Å². The number of thiazole rings is 1. The summed E-state index contributed by atoms with van der Waals surface area (Å²) in [6.07, 6.45) is 2.93. The van der Waals surface area contributed by atoms with Gasteiger partial charge in [-0.15, -0.1) is 11.3 Å². The molecule has 8 heteroatoms. The summed E-state index contributed by atoms with van der Waals surface area (Å²) in [7, 11) is 0. The molecule has 21 heavy (non-hydrogen) atoms. The smallest absolute Gasteiger partial charge is 0.326 e. The van der Waals surface area contributed by atoms with Crippen LogP contribution in [0.4, 0.5) is 9.93 Å². The zero-order valence-corrected chi connectivity index (χ0v) is 12.8. The molecule has 0 bridgehead atoms. The molecule has 1 aromatic heterocycles. The summed E-state index contributed by atoms with van der Waals surface area (Å²) in [5.41, 5.74) is 0. The lowest BCUT2D eigenvalue weighted by atomic mass is 10.2. The first-order valence-corrected chi connectivity index (χ1v) is 7.92. The minimum atomic E-state index is -0.980. The monoisotopic (exact) mass is 312 g/mol. The van der Waals surface area contributed by atoms with Crippen LogP contribution in [0, 0.1) is 0 Å². The van der Waals surface area contributed by atoms with Gasteiger partial charge in [0.2, 0.25) is 0 Å². The first-order chi connectivity index (χ1) is 10.1. The number of aliphatic carboxylic acids is 1. The van der Waals surface area contributed by atoms with Gasteiger partial charge in [-0.05, 0) is 6.42 Å². The van der Waals surface area contributed by atoms with Gasteiger partial charge in [-0.2, -0.15) is 0 Å². The fraction of sp³-hybridized carbons (Fsp3) is 0.615. The fourth-order valence-electron chi connectivity index (χ4n) is 2.26. The molecule has 116 valence electrons. The van der Waals surface area contributed by atoms with Crippen molar-refractivity contribution in [2.45, 2.75) is 25.8 Å². The minimum absolute atomic E-state index is 0.297. The number of hydrogen-bond acceptors (Lipinski definition) is 5. The molecular weight excluding hydrogens is 292 g/mol. The number of urea groups is 1. The van der Waals surface area contributed by atoms with Crippen molar-refractivity contribution < 1.29 is 14.7 Å². The second-order valence-corrected chi connectivity index (χ2v) is 5.79. The highest BCUT2D eigenvalue weighted by atomic mass is 32.1. The van der Waals surface area contributed by atoms with Crippen LogP contribution < -0.4 is 10.2 Å². The Morgan fingerprint density at radius 2 is 2.14 bits per heavy atom. The lowest BCUT2D eigenvalue weighted by molar-refractivity contribution is -0.139. The summed E-state index contributed by atoms with van der Waals surface area (Å²) >= 11 is 1.58. The van der Waals surface area contributed by atoms with E-state index in [9.17, 15) is 9.59 Å². The third kappa shape index (κ3) is 4.07. The third-order valence-electron chi connectivity index (χ3n) is 3.43. The number of carboxylic acids is 1. The molecule has 0 radical (unpaired) electrons. The first-order valence-electron chi connectivity index (χ1n) is 7.04. The van der Waals surface area contributed by atoms with E-state index in [1.165, 1.54) is 0 Å². The van der Waals surface area contributed by atoms with Gasteiger partial charge in [0.15, 0.2) is 5.13 Å². The average Bonchev–Trinajstić information content (AvgIpc) is 3.01. The molecule has 0 aromatic carbocycles. The maximum atomic E-state index is 12.1. The topological polar surface area (TPSA) is 85.8 Å². The van der Waals surface area contributed by atoms with Crippen molar-refractivity contribution in [3.63, 3.8) is 0 Å². The number of carbonyl (C=O) groups excluding carboxylic acids is 1. The van der Waals surface area contributed by atoms with Crippen molar-refractivity contribution in [2.75, 3.05) is 31.1 Å². The molecule has 2 heterocycles. The molecule has 2 N–H and O–H groups in total. The second kappa shape index (κ2) is 7.26. The molecule has 1 aliphatic heterocycles. The summed E-state index contributed by atoms with van der Waals surface area (Å²) in [6, 6.07) is -1.10. The molecule has 1 saturated heterocycles. The molecule has 2 rings (SSSR count). The summed E-state index contributed by atoms with van der Waals surface area (Å²) in [4.78, 5) is 31.2. The zero-order valence-electron chi connectivity index (χ0n) is 12.0. The maximum absolute atomic E-state index is 12.1. The van der Waals surface area contributed by atoms with Crippen LogP contribution in [0.3, 0.4) is 0 Å². The van der Waals surface area contributed by atoms with E-state index in [2.05, 4.69) is 15.2 Å². The Hall–Kier alpha value is -1.83. The van der Waals surface area contributed by atoms with E-state index < -0.39 is 12.0 Å². The van der Waals surface area contributed by atoms with Crippen LogP contribution in [0.15, 0.2) is 11.6 Å². The molecule has 1 fully saturated rings.